The van der Waals surface area contributed by atoms with Gasteiger partial charge in [-0.3, -0.25) is 0 Å². The van der Waals surface area contributed by atoms with Crippen LogP contribution in [-0.4, -0.2) is 64.1 Å². The molecular weight excluding hydrogens is 412 g/mol. The monoisotopic (exact) mass is 422 g/mol. The SMILES string of the molecule is O=CCC(O)(C(F)(F)F)C(F)(F)F.OCCC(O)(C(F)(F)F)C(F)(F)F. The number of aliphatic hydroxyl groups is 3. The molecule has 0 saturated heterocycles. The first kappa shape index (κ1) is 26.9. The van der Waals surface area contributed by atoms with Crippen molar-refractivity contribution in [2.45, 2.75) is 48.7 Å². The summed E-state index contributed by atoms with van der Waals surface area (Å²) in [7, 11) is 0. The molecule has 0 amide bonds. The lowest BCUT2D eigenvalue weighted by molar-refractivity contribution is -0.371. The molecule has 16 heteroatoms. The molecule has 0 rings (SSSR count). The number of carbonyl (C=O) groups is 1. The van der Waals surface area contributed by atoms with Gasteiger partial charge in [-0.25, -0.2) is 0 Å². The Morgan fingerprint density at radius 3 is 0.962 bits per heavy atom. The quantitative estimate of drug-likeness (QED) is 0.481. The third-order valence-electron chi connectivity index (χ3n) is 2.73. The minimum Gasteiger partial charge on any atom is -0.396 e. The average molecular weight is 422 g/mol. The van der Waals surface area contributed by atoms with E-state index < -0.39 is 61.6 Å². The van der Waals surface area contributed by atoms with Crippen LogP contribution in [0.3, 0.4) is 0 Å². The van der Waals surface area contributed by atoms with E-state index in [0.29, 0.717) is 0 Å². The lowest BCUT2D eigenvalue weighted by atomic mass is 9.99. The van der Waals surface area contributed by atoms with Gasteiger partial charge in [0.1, 0.15) is 6.29 Å². The molecule has 158 valence electrons. The van der Waals surface area contributed by atoms with Crippen molar-refractivity contribution in [2.75, 3.05) is 6.61 Å². The second-order valence-corrected chi connectivity index (χ2v) is 4.56. The zero-order valence-corrected chi connectivity index (χ0v) is 12.0. The fraction of sp³-hybridized carbons (Fsp3) is 0.900. The Bertz CT molecular complexity index is 419. The van der Waals surface area contributed by atoms with Crippen molar-refractivity contribution in [3.8, 4) is 0 Å². The first-order valence-electron chi connectivity index (χ1n) is 5.88. The van der Waals surface area contributed by atoms with Crippen LogP contribution in [0.15, 0.2) is 0 Å². The van der Waals surface area contributed by atoms with Crippen molar-refractivity contribution in [3.63, 3.8) is 0 Å². The first-order chi connectivity index (χ1) is 11.1. The first-order valence-corrected chi connectivity index (χ1v) is 5.88. The molecule has 0 aliphatic heterocycles. The van der Waals surface area contributed by atoms with Crippen LogP contribution in [-0.2, 0) is 4.79 Å². The molecule has 0 spiro atoms. The van der Waals surface area contributed by atoms with Crippen LogP contribution >= 0.6 is 0 Å². The summed E-state index contributed by atoms with van der Waals surface area (Å²) in [4.78, 5) is 9.55. The summed E-state index contributed by atoms with van der Waals surface area (Å²) in [5, 5.41) is 24.4. The second kappa shape index (κ2) is 8.16. The maximum atomic E-state index is 11.7. The van der Waals surface area contributed by atoms with Gasteiger partial charge in [-0.1, -0.05) is 0 Å². The van der Waals surface area contributed by atoms with Crippen molar-refractivity contribution in [1.29, 1.82) is 0 Å². The maximum Gasteiger partial charge on any atom is 0.426 e. The Morgan fingerprint density at radius 2 is 0.885 bits per heavy atom. The summed E-state index contributed by atoms with van der Waals surface area (Å²) in [5.41, 5.74) is -9.77. The number of alkyl halides is 12. The van der Waals surface area contributed by atoms with Crippen molar-refractivity contribution in [1.82, 2.24) is 0 Å². The molecule has 0 aromatic rings. The Morgan fingerprint density at radius 1 is 0.615 bits per heavy atom. The fourth-order valence-corrected chi connectivity index (χ4v) is 1.12. The van der Waals surface area contributed by atoms with Crippen LogP contribution in [0.1, 0.15) is 12.8 Å². The molecule has 0 aliphatic rings. The van der Waals surface area contributed by atoms with Gasteiger partial charge in [0.2, 0.25) is 0 Å². The molecule has 0 unspecified atom stereocenters. The number of carbonyl (C=O) groups excluding carboxylic acids is 1. The zero-order valence-electron chi connectivity index (χ0n) is 12.0. The highest BCUT2D eigenvalue weighted by molar-refractivity contribution is 5.52. The lowest BCUT2D eigenvalue weighted by Gasteiger charge is -2.31. The van der Waals surface area contributed by atoms with Crippen molar-refractivity contribution >= 4 is 6.29 Å². The van der Waals surface area contributed by atoms with E-state index in [-0.39, 0.29) is 0 Å². The van der Waals surface area contributed by atoms with Gasteiger partial charge >= 0.3 is 24.7 Å². The van der Waals surface area contributed by atoms with E-state index in [1.54, 1.807) is 0 Å². The molecule has 4 nitrogen and oxygen atoms in total. The normalized spacial score (nSPS) is 14.6. The van der Waals surface area contributed by atoms with E-state index in [1.165, 1.54) is 0 Å². The predicted molar refractivity (Wildman–Crippen MR) is 56.5 cm³/mol. The van der Waals surface area contributed by atoms with Crippen LogP contribution in [0, 0.1) is 0 Å². The second-order valence-electron chi connectivity index (χ2n) is 4.56. The molecule has 0 atom stereocenters. The standard InChI is InChI=1S/C5H6F6O2.C5H4F6O2/c2*6-4(7,8)3(13,1-2-12)5(9,10)11/h12-13H,1-2H2;2,13H,1H2. The molecule has 0 radical (unpaired) electrons. The molecule has 0 aliphatic carbocycles. The number of halogens is 12. The van der Waals surface area contributed by atoms with Crippen molar-refractivity contribution < 1.29 is 72.8 Å². The summed E-state index contributed by atoms with van der Waals surface area (Å²) in [5.74, 6) is 0. The van der Waals surface area contributed by atoms with Gasteiger partial charge in [-0.15, -0.1) is 0 Å². The van der Waals surface area contributed by atoms with Gasteiger partial charge in [-0.05, 0) is 0 Å². The van der Waals surface area contributed by atoms with Gasteiger partial charge < -0.3 is 20.1 Å². The van der Waals surface area contributed by atoms with Gasteiger partial charge in [-0.2, -0.15) is 52.7 Å². The summed E-state index contributed by atoms with van der Waals surface area (Å²) < 4.78 is 140. The molecule has 0 fully saturated rings. The van der Waals surface area contributed by atoms with Crippen molar-refractivity contribution in [2.24, 2.45) is 0 Å². The topological polar surface area (TPSA) is 77.8 Å². The van der Waals surface area contributed by atoms with E-state index in [0.717, 1.165) is 0 Å². The van der Waals surface area contributed by atoms with Gasteiger partial charge in [0, 0.05) is 13.0 Å². The zero-order chi connectivity index (χ0) is 21.8. The molecular formula is C10H10F12O4. The molecule has 0 aromatic heterocycles. The third-order valence-corrected chi connectivity index (χ3v) is 2.73. The molecule has 0 saturated carbocycles. The highest BCUT2D eigenvalue weighted by Crippen LogP contribution is 2.45. The Balaban J connectivity index is 0. The summed E-state index contributed by atoms with van der Waals surface area (Å²) in [6.45, 7) is -1.41. The summed E-state index contributed by atoms with van der Waals surface area (Å²) in [6.07, 6.45) is -28.0. The minimum atomic E-state index is -5.91. The minimum absolute atomic E-state index is 0.638. The Labute approximate surface area is 136 Å². The van der Waals surface area contributed by atoms with Crippen molar-refractivity contribution in [3.05, 3.63) is 0 Å². The van der Waals surface area contributed by atoms with Crippen LogP contribution in [0.4, 0.5) is 52.7 Å². The number of hydrogen-bond acceptors (Lipinski definition) is 4. The maximum absolute atomic E-state index is 11.7. The van der Waals surface area contributed by atoms with Crippen LogP contribution < -0.4 is 0 Å². The van der Waals surface area contributed by atoms with Crippen LogP contribution in [0.25, 0.3) is 0 Å². The van der Waals surface area contributed by atoms with E-state index >= 15 is 0 Å². The van der Waals surface area contributed by atoms with Gasteiger partial charge in [0.25, 0.3) is 11.2 Å². The van der Waals surface area contributed by atoms with E-state index in [1.807, 2.05) is 0 Å². The summed E-state index contributed by atoms with van der Waals surface area (Å²) in [6, 6.07) is 0. The highest BCUT2D eigenvalue weighted by atomic mass is 19.4. The van der Waals surface area contributed by atoms with E-state index in [9.17, 15) is 57.5 Å². The summed E-state index contributed by atoms with van der Waals surface area (Å²) >= 11 is 0. The molecule has 3 N–H and O–H groups in total. The van der Waals surface area contributed by atoms with Crippen LogP contribution in [0.2, 0.25) is 0 Å². The number of hydrogen-bond donors (Lipinski definition) is 3. The molecule has 0 bridgehead atoms. The molecule has 0 heterocycles. The molecule has 0 aromatic carbocycles. The average Bonchev–Trinajstić information content (AvgIpc) is 2.34. The Kier molecular flexibility index (Phi) is 8.45. The smallest absolute Gasteiger partial charge is 0.396 e. The Hall–Kier alpha value is -1.29. The number of aldehydes is 1. The van der Waals surface area contributed by atoms with Crippen LogP contribution in [0.5, 0.6) is 0 Å². The van der Waals surface area contributed by atoms with E-state index in [2.05, 4.69) is 0 Å². The largest absolute Gasteiger partial charge is 0.426 e. The number of rotatable bonds is 4. The molecule has 26 heavy (non-hydrogen) atoms. The van der Waals surface area contributed by atoms with Gasteiger partial charge in [0.05, 0.1) is 6.42 Å². The highest BCUT2D eigenvalue weighted by Gasteiger charge is 2.70. The fourth-order valence-electron chi connectivity index (χ4n) is 1.12. The number of aliphatic hydroxyl groups excluding tert-OH is 1. The lowest BCUT2D eigenvalue weighted by Crippen LogP contribution is -2.57. The third kappa shape index (κ3) is 5.87. The van der Waals surface area contributed by atoms with E-state index in [4.69, 9.17) is 15.3 Å². The van der Waals surface area contributed by atoms with Gasteiger partial charge in [0.15, 0.2) is 0 Å². The predicted octanol–water partition coefficient (Wildman–Crippen LogP) is 2.66.